The molecule has 0 saturated heterocycles. The molecule has 0 aromatic heterocycles. The second kappa shape index (κ2) is 5.82. The number of halogens is 4. The number of methoxy groups -OCH3 is 1. The first kappa shape index (κ1) is 15.4. The Bertz CT molecular complexity index is 498. The highest BCUT2D eigenvalue weighted by Crippen LogP contribution is 2.45. The quantitative estimate of drug-likeness (QED) is 0.750. The first-order valence-corrected chi connectivity index (χ1v) is 6.81. The molecule has 0 spiro atoms. The topological polar surface area (TPSA) is 18.5 Å². The lowest BCUT2D eigenvalue weighted by Crippen LogP contribution is -2.15. The van der Waals surface area contributed by atoms with E-state index < -0.39 is 17.1 Å². The van der Waals surface area contributed by atoms with Crippen molar-refractivity contribution in [3.05, 3.63) is 28.3 Å². The fraction of sp³-hybridized carbons (Fsp3) is 0.571. The molecule has 1 aromatic carbocycles. The summed E-state index contributed by atoms with van der Waals surface area (Å²) >= 11 is 6.01. The molecule has 0 fully saturated rings. The maximum Gasteiger partial charge on any atom is 0.420 e. The van der Waals surface area contributed by atoms with Crippen molar-refractivity contribution >= 4 is 11.6 Å². The van der Waals surface area contributed by atoms with E-state index in [4.69, 9.17) is 21.1 Å². The average molecular weight is 309 g/mol. The minimum atomic E-state index is -4.50. The van der Waals surface area contributed by atoms with Gasteiger partial charge in [0.15, 0.2) is 0 Å². The van der Waals surface area contributed by atoms with Crippen LogP contribution in [0.4, 0.5) is 13.2 Å². The molecule has 1 aliphatic rings. The van der Waals surface area contributed by atoms with E-state index in [0.717, 1.165) is 0 Å². The van der Waals surface area contributed by atoms with Crippen molar-refractivity contribution < 1.29 is 22.6 Å². The molecule has 0 bridgehead atoms. The molecule has 1 unspecified atom stereocenters. The Kier molecular flexibility index (Phi) is 4.49. The molecular weight excluding hydrogens is 293 g/mol. The molecule has 0 N–H and O–H groups in total. The zero-order chi connectivity index (χ0) is 14.9. The van der Waals surface area contributed by atoms with Crippen LogP contribution in [0.3, 0.4) is 0 Å². The van der Waals surface area contributed by atoms with Crippen LogP contribution in [0.25, 0.3) is 0 Å². The molecule has 1 aromatic rings. The molecule has 1 aliphatic heterocycles. The SMILES string of the molecule is COc1c(C(C)Cl)cc2c(c1C(F)(F)F)COCCC2. The second-order valence-electron chi connectivity index (χ2n) is 4.78. The Labute approximate surface area is 120 Å². The summed E-state index contributed by atoms with van der Waals surface area (Å²) in [5.74, 6) is -0.191. The smallest absolute Gasteiger partial charge is 0.420 e. The van der Waals surface area contributed by atoms with Crippen molar-refractivity contribution in [1.29, 1.82) is 0 Å². The summed E-state index contributed by atoms with van der Waals surface area (Å²) in [5, 5.41) is -0.555. The van der Waals surface area contributed by atoms with Gasteiger partial charge in [-0.15, -0.1) is 11.6 Å². The second-order valence-corrected chi connectivity index (χ2v) is 5.44. The van der Waals surface area contributed by atoms with Crippen LogP contribution in [0.5, 0.6) is 5.75 Å². The zero-order valence-corrected chi connectivity index (χ0v) is 12.1. The summed E-state index contributed by atoms with van der Waals surface area (Å²) in [6, 6.07) is 1.72. The number of aryl methyl sites for hydroxylation is 1. The minimum Gasteiger partial charge on any atom is -0.496 e. The summed E-state index contributed by atoms with van der Waals surface area (Å²) in [6.07, 6.45) is -3.24. The summed E-state index contributed by atoms with van der Waals surface area (Å²) < 4.78 is 50.5. The molecule has 0 radical (unpaired) electrons. The predicted molar refractivity (Wildman–Crippen MR) is 70.2 cm³/mol. The van der Waals surface area contributed by atoms with Crippen LogP contribution in [0.15, 0.2) is 6.07 Å². The van der Waals surface area contributed by atoms with Crippen molar-refractivity contribution in [2.75, 3.05) is 13.7 Å². The first-order chi connectivity index (χ1) is 9.36. The van der Waals surface area contributed by atoms with Crippen LogP contribution in [0, 0.1) is 0 Å². The average Bonchev–Trinajstić information content (AvgIpc) is 2.59. The molecular formula is C14H16ClF3O2. The third-order valence-electron chi connectivity index (χ3n) is 3.41. The van der Waals surface area contributed by atoms with Gasteiger partial charge in [-0.25, -0.2) is 0 Å². The van der Waals surface area contributed by atoms with E-state index in [2.05, 4.69) is 0 Å². The summed E-state index contributed by atoms with van der Waals surface area (Å²) in [5.41, 5.74) is 0.454. The number of ether oxygens (including phenoxy) is 2. The van der Waals surface area contributed by atoms with E-state index in [0.29, 0.717) is 30.6 Å². The van der Waals surface area contributed by atoms with Crippen molar-refractivity contribution in [3.63, 3.8) is 0 Å². The molecule has 112 valence electrons. The van der Waals surface area contributed by atoms with Crippen molar-refractivity contribution in [1.82, 2.24) is 0 Å². The summed E-state index contributed by atoms with van der Waals surface area (Å²) in [7, 11) is 1.23. The maximum absolute atomic E-state index is 13.4. The zero-order valence-electron chi connectivity index (χ0n) is 11.3. The van der Waals surface area contributed by atoms with Gasteiger partial charge in [0.05, 0.1) is 19.1 Å². The minimum absolute atomic E-state index is 0.0442. The van der Waals surface area contributed by atoms with E-state index in [1.165, 1.54) is 7.11 Å². The van der Waals surface area contributed by atoms with Crippen LogP contribution in [0.2, 0.25) is 0 Å². The van der Waals surface area contributed by atoms with Crippen molar-refractivity contribution in [2.45, 2.75) is 37.9 Å². The molecule has 0 amide bonds. The summed E-state index contributed by atoms with van der Waals surface area (Å²) in [6.45, 7) is 2.05. The highest BCUT2D eigenvalue weighted by atomic mass is 35.5. The van der Waals surface area contributed by atoms with Gasteiger partial charge < -0.3 is 9.47 Å². The number of alkyl halides is 4. The Morgan fingerprint density at radius 2 is 2.10 bits per heavy atom. The largest absolute Gasteiger partial charge is 0.496 e. The highest BCUT2D eigenvalue weighted by molar-refractivity contribution is 6.20. The molecule has 2 nitrogen and oxygen atoms in total. The highest BCUT2D eigenvalue weighted by Gasteiger charge is 2.40. The number of hydrogen-bond acceptors (Lipinski definition) is 2. The standard InChI is InChI=1S/C14H16ClF3O2/c1-8(15)10-6-9-4-3-5-20-7-11(9)12(13(10)19-2)14(16,17)18/h6,8H,3-5,7H2,1-2H3. The van der Waals surface area contributed by atoms with Gasteiger partial charge in [0.1, 0.15) is 11.3 Å². The number of hydrogen-bond donors (Lipinski definition) is 0. The Hall–Kier alpha value is -0.940. The molecule has 1 atom stereocenters. The Morgan fingerprint density at radius 3 is 2.65 bits per heavy atom. The van der Waals surface area contributed by atoms with Crippen molar-refractivity contribution in [3.8, 4) is 5.75 Å². The lowest BCUT2D eigenvalue weighted by Gasteiger charge is -2.22. The molecule has 2 rings (SSSR count). The summed E-state index contributed by atoms with van der Waals surface area (Å²) in [4.78, 5) is 0. The van der Waals surface area contributed by atoms with Crippen LogP contribution >= 0.6 is 11.6 Å². The lowest BCUT2D eigenvalue weighted by atomic mass is 9.93. The van der Waals surface area contributed by atoms with Crippen LogP contribution in [0.1, 0.15) is 41.0 Å². The fourth-order valence-corrected chi connectivity index (χ4v) is 2.69. The van der Waals surface area contributed by atoms with Crippen LogP contribution in [-0.4, -0.2) is 13.7 Å². The number of benzene rings is 1. The first-order valence-electron chi connectivity index (χ1n) is 6.38. The molecule has 20 heavy (non-hydrogen) atoms. The number of fused-ring (bicyclic) bond motifs is 1. The van der Waals surface area contributed by atoms with E-state index >= 15 is 0 Å². The number of rotatable bonds is 2. The van der Waals surface area contributed by atoms with Crippen molar-refractivity contribution in [2.24, 2.45) is 0 Å². The van der Waals surface area contributed by atoms with Crippen LogP contribution in [-0.2, 0) is 23.9 Å². The van der Waals surface area contributed by atoms with E-state index in [1.54, 1.807) is 13.0 Å². The van der Waals surface area contributed by atoms with E-state index in [1.807, 2.05) is 0 Å². The van der Waals surface area contributed by atoms with Gasteiger partial charge in [-0.2, -0.15) is 13.2 Å². The monoisotopic (exact) mass is 308 g/mol. The predicted octanol–water partition coefficient (Wildman–Crippen LogP) is 4.48. The third-order valence-corrected chi connectivity index (χ3v) is 3.64. The molecule has 0 saturated carbocycles. The molecule has 1 heterocycles. The normalized spacial score (nSPS) is 17.3. The fourth-order valence-electron chi connectivity index (χ4n) is 2.52. The van der Waals surface area contributed by atoms with Gasteiger partial charge in [0, 0.05) is 12.2 Å². The Balaban J connectivity index is 2.74. The van der Waals surface area contributed by atoms with Gasteiger partial charge in [-0.1, -0.05) is 6.07 Å². The lowest BCUT2D eigenvalue weighted by molar-refractivity contribution is -0.140. The van der Waals surface area contributed by atoms with E-state index in [-0.39, 0.29) is 17.9 Å². The molecule has 6 heteroatoms. The maximum atomic E-state index is 13.4. The molecule has 0 aliphatic carbocycles. The van der Waals surface area contributed by atoms with Gasteiger partial charge >= 0.3 is 6.18 Å². The van der Waals surface area contributed by atoms with Crippen LogP contribution < -0.4 is 4.74 Å². The van der Waals surface area contributed by atoms with Gasteiger partial charge in [-0.3, -0.25) is 0 Å². The van der Waals surface area contributed by atoms with Gasteiger partial charge in [0.2, 0.25) is 0 Å². The third kappa shape index (κ3) is 2.88. The van der Waals surface area contributed by atoms with Gasteiger partial charge in [-0.05, 0) is 30.9 Å². The Morgan fingerprint density at radius 1 is 1.40 bits per heavy atom. The van der Waals surface area contributed by atoms with E-state index in [9.17, 15) is 13.2 Å². The van der Waals surface area contributed by atoms with Gasteiger partial charge in [0.25, 0.3) is 0 Å².